The number of anilines is 2. The van der Waals surface area contributed by atoms with Gasteiger partial charge >= 0.3 is 0 Å². The molecule has 1 fully saturated rings. The molecule has 3 aliphatic rings. The molecule has 0 unspecified atom stereocenters. The predicted octanol–water partition coefficient (Wildman–Crippen LogP) is 6.96. The molecule has 1 aromatic heterocycles. The van der Waals surface area contributed by atoms with Crippen molar-refractivity contribution in [3.05, 3.63) is 122 Å². The second-order valence-electron chi connectivity index (χ2n) is 10.7. The maximum atomic E-state index is 14.7. The number of ketones is 2. The second kappa shape index (κ2) is 9.01. The number of amides is 1. The molecule has 1 N–H and O–H groups in total. The molecule has 3 aliphatic heterocycles. The maximum Gasteiger partial charge on any atom is 0.238 e. The highest BCUT2D eigenvalue weighted by molar-refractivity contribution is 7.12. The Morgan fingerprint density at radius 3 is 2.48 bits per heavy atom. The number of hydrogen-bond donors (Lipinski definition) is 1. The monoisotopic (exact) mass is 564 g/mol. The first-order valence-electron chi connectivity index (χ1n) is 13.2. The van der Waals surface area contributed by atoms with E-state index in [9.17, 15) is 14.4 Å². The van der Waals surface area contributed by atoms with E-state index in [4.69, 9.17) is 11.6 Å². The smallest absolute Gasteiger partial charge is 0.238 e. The minimum atomic E-state index is -1.32. The predicted molar refractivity (Wildman–Crippen MR) is 160 cm³/mol. The number of thiophene rings is 1. The minimum absolute atomic E-state index is 0.166. The molecular formula is C33H25ClN2O3S. The molecule has 1 amide bonds. The van der Waals surface area contributed by atoms with Crippen LogP contribution in [0.3, 0.4) is 0 Å². The van der Waals surface area contributed by atoms with E-state index in [1.165, 1.54) is 11.3 Å². The quantitative estimate of drug-likeness (QED) is 0.272. The molecular weight excluding hydrogens is 540 g/mol. The van der Waals surface area contributed by atoms with E-state index < -0.39 is 23.4 Å². The van der Waals surface area contributed by atoms with Gasteiger partial charge in [-0.1, -0.05) is 53.6 Å². The van der Waals surface area contributed by atoms with E-state index in [1.54, 1.807) is 30.3 Å². The Bertz CT molecular complexity index is 1740. The van der Waals surface area contributed by atoms with Gasteiger partial charge in [-0.25, -0.2) is 0 Å². The van der Waals surface area contributed by atoms with Gasteiger partial charge in [-0.05, 0) is 78.9 Å². The summed E-state index contributed by atoms with van der Waals surface area (Å²) in [7, 11) is 0. The van der Waals surface area contributed by atoms with Crippen molar-refractivity contribution in [2.45, 2.75) is 31.3 Å². The van der Waals surface area contributed by atoms with Gasteiger partial charge in [0.25, 0.3) is 0 Å². The standard InChI is InChI=1S/C33H25ClN2O3S/c1-18-9-14-25-22(16-18)19(2)17-27-33(23-6-3-4-7-24(23)35-32(33)39)28(30(37)20-10-12-21(34)13-11-20)29(36(25)27)31(38)26-8-5-15-40-26/h3-17,27-29H,1-2H3,(H,35,39)/t27-,28+,29-,33-/m0/s1. The van der Waals surface area contributed by atoms with Crippen LogP contribution >= 0.6 is 22.9 Å². The Morgan fingerprint density at radius 2 is 1.73 bits per heavy atom. The third kappa shape index (κ3) is 3.36. The third-order valence-corrected chi connectivity index (χ3v) is 9.71. The summed E-state index contributed by atoms with van der Waals surface area (Å²) in [4.78, 5) is 46.2. The molecule has 7 heteroatoms. The Labute approximate surface area is 241 Å². The number of rotatable bonds is 4. The highest BCUT2D eigenvalue weighted by Crippen LogP contribution is 2.59. The zero-order valence-electron chi connectivity index (χ0n) is 21.9. The summed E-state index contributed by atoms with van der Waals surface area (Å²) in [5, 5.41) is 5.44. The zero-order chi connectivity index (χ0) is 27.8. The van der Waals surface area contributed by atoms with Crippen LogP contribution in [0.1, 0.15) is 43.6 Å². The fourth-order valence-electron chi connectivity index (χ4n) is 6.90. The number of Topliss-reactive ketones (excluding diaryl/α,β-unsaturated/α-hetero) is 2. The molecule has 0 aliphatic carbocycles. The SMILES string of the molecule is CC1=C[C@@H]2N(c3ccc(C)cc31)[C@H](C(=O)c1cccs1)[C@H](C(=O)c1ccc(Cl)cc1)[C@@]21C(=O)Nc2ccccc21. The first kappa shape index (κ1) is 25.0. The average Bonchev–Trinajstić information content (AvgIpc) is 3.66. The summed E-state index contributed by atoms with van der Waals surface area (Å²) >= 11 is 7.52. The molecule has 4 heterocycles. The lowest BCUT2D eigenvalue weighted by Crippen LogP contribution is -2.51. The number of fused-ring (bicyclic) bond motifs is 6. The van der Waals surface area contributed by atoms with Crippen LogP contribution in [0.25, 0.3) is 5.57 Å². The molecule has 0 saturated carbocycles. The summed E-state index contributed by atoms with van der Waals surface area (Å²) in [5.41, 5.74) is 4.47. The Balaban J connectivity index is 1.56. The summed E-state index contributed by atoms with van der Waals surface area (Å²) in [6.45, 7) is 4.07. The van der Waals surface area contributed by atoms with E-state index in [-0.39, 0.29) is 17.5 Å². The van der Waals surface area contributed by atoms with Gasteiger partial charge in [0.05, 0.1) is 16.8 Å². The van der Waals surface area contributed by atoms with Crippen LogP contribution in [0, 0.1) is 12.8 Å². The van der Waals surface area contributed by atoms with E-state index >= 15 is 0 Å². The highest BCUT2D eigenvalue weighted by atomic mass is 35.5. The number of carbonyl (C=O) groups excluding carboxylic acids is 3. The fraction of sp³-hybridized carbons (Fsp3) is 0.182. The normalized spacial score (nSPS) is 24.3. The third-order valence-electron chi connectivity index (χ3n) is 8.58. The lowest BCUT2D eigenvalue weighted by atomic mass is 9.64. The van der Waals surface area contributed by atoms with Gasteiger partial charge in [0.2, 0.25) is 5.91 Å². The van der Waals surface area contributed by atoms with Gasteiger partial charge in [-0.3, -0.25) is 14.4 Å². The van der Waals surface area contributed by atoms with Crippen LogP contribution in [0.2, 0.25) is 5.02 Å². The van der Waals surface area contributed by atoms with Crippen molar-refractivity contribution in [2.24, 2.45) is 5.92 Å². The topological polar surface area (TPSA) is 66.5 Å². The van der Waals surface area contributed by atoms with Crippen molar-refractivity contribution in [3.8, 4) is 0 Å². The maximum absolute atomic E-state index is 14.7. The Kier molecular flexibility index (Phi) is 5.63. The van der Waals surface area contributed by atoms with Crippen LogP contribution in [0.15, 0.2) is 90.3 Å². The minimum Gasteiger partial charge on any atom is -0.352 e. The van der Waals surface area contributed by atoms with Gasteiger partial charge in [-0.15, -0.1) is 11.3 Å². The Hall–Kier alpha value is -4.00. The van der Waals surface area contributed by atoms with E-state index in [0.717, 1.165) is 28.0 Å². The zero-order valence-corrected chi connectivity index (χ0v) is 23.4. The number of aryl methyl sites for hydroxylation is 1. The van der Waals surface area contributed by atoms with Crippen molar-refractivity contribution in [1.29, 1.82) is 0 Å². The second-order valence-corrected chi connectivity index (χ2v) is 12.1. The van der Waals surface area contributed by atoms with Gasteiger partial charge < -0.3 is 10.2 Å². The molecule has 198 valence electrons. The number of carbonyl (C=O) groups is 3. The van der Waals surface area contributed by atoms with Crippen LogP contribution in [0.5, 0.6) is 0 Å². The molecule has 3 aromatic carbocycles. The molecule has 5 nitrogen and oxygen atoms in total. The lowest BCUT2D eigenvalue weighted by molar-refractivity contribution is -0.121. The number of nitrogens with one attached hydrogen (secondary N) is 1. The van der Waals surface area contributed by atoms with Crippen molar-refractivity contribution < 1.29 is 14.4 Å². The average molecular weight is 565 g/mol. The number of benzene rings is 3. The molecule has 0 bridgehead atoms. The largest absolute Gasteiger partial charge is 0.352 e. The highest BCUT2D eigenvalue weighted by Gasteiger charge is 2.70. The van der Waals surface area contributed by atoms with Gasteiger partial charge in [0.15, 0.2) is 11.6 Å². The number of hydrogen-bond acceptors (Lipinski definition) is 5. The first-order chi connectivity index (χ1) is 19.3. The summed E-state index contributed by atoms with van der Waals surface area (Å²) in [6.07, 6.45) is 2.08. The van der Waals surface area contributed by atoms with E-state index in [0.29, 0.717) is 21.2 Å². The van der Waals surface area contributed by atoms with Gasteiger partial charge in [0.1, 0.15) is 11.5 Å². The lowest BCUT2D eigenvalue weighted by Gasteiger charge is -2.39. The van der Waals surface area contributed by atoms with Crippen molar-refractivity contribution >= 4 is 57.4 Å². The summed E-state index contributed by atoms with van der Waals surface area (Å²) in [5.74, 6) is -1.68. The molecule has 4 atom stereocenters. The van der Waals surface area contributed by atoms with Crippen LogP contribution < -0.4 is 10.2 Å². The van der Waals surface area contributed by atoms with E-state index in [1.807, 2.05) is 66.6 Å². The van der Waals surface area contributed by atoms with Crippen molar-refractivity contribution in [3.63, 3.8) is 0 Å². The van der Waals surface area contributed by atoms with Crippen LogP contribution in [-0.2, 0) is 10.2 Å². The number of nitrogens with zero attached hydrogens (tertiary/aromatic N) is 1. The molecule has 7 rings (SSSR count). The van der Waals surface area contributed by atoms with E-state index in [2.05, 4.69) is 17.5 Å². The molecule has 4 aromatic rings. The van der Waals surface area contributed by atoms with Crippen LogP contribution in [-0.4, -0.2) is 29.6 Å². The van der Waals surface area contributed by atoms with Crippen molar-refractivity contribution in [2.75, 3.05) is 10.2 Å². The molecule has 1 saturated heterocycles. The van der Waals surface area contributed by atoms with Crippen LogP contribution in [0.4, 0.5) is 11.4 Å². The van der Waals surface area contributed by atoms with Gasteiger partial charge in [0, 0.05) is 27.5 Å². The van der Waals surface area contributed by atoms with Crippen molar-refractivity contribution in [1.82, 2.24) is 0 Å². The summed E-state index contributed by atoms with van der Waals surface area (Å²) < 4.78 is 0. The first-order valence-corrected chi connectivity index (χ1v) is 14.4. The molecule has 1 spiro atoms. The molecule has 40 heavy (non-hydrogen) atoms. The number of halogens is 1. The van der Waals surface area contributed by atoms with Gasteiger partial charge in [-0.2, -0.15) is 0 Å². The number of allylic oxidation sites excluding steroid dienone is 1. The Morgan fingerprint density at radius 1 is 0.950 bits per heavy atom. The fourth-order valence-corrected chi connectivity index (χ4v) is 7.73. The number of para-hydroxylation sites is 1. The molecule has 0 radical (unpaired) electrons. The summed E-state index contributed by atoms with van der Waals surface area (Å²) in [6, 6.07) is 22.6.